The van der Waals surface area contributed by atoms with E-state index in [-0.39, 0.29) is 12.0 Å². The molecule has 0 radical (unpaired) electrons. The zero-order valence-electron chi connectivity index (χ0n) is 17.3. The van der Waals surface area contributed by atoms with Crippen LogP contribution in [0.25, 0.3) is 5.57 Å². The Hall–Kier alpha value is -3.56. The normalized spacial score (nSPS) is 22.3. The summed E-state index contributed by atoms with van der Waals surface area (Å²) < 4.78 is 42.4. The zero-order valence-corrected chi connectivity index (χ0v) is 17.3. The molecule has 0 bridgehead atoms. The maximum Gasteiger partial charge on any atom is 0.405 e. The van der Waals surface area contributed by atoms with Crippen molar-refractivity contribution in [1.29, 1.82) is 0 Å². The van der Waals surface area contributed by atoms with Crippen molar-refractivity contribution in [2.24, 2.45) is 10.9 Å². The van der Waals surface area contributed by atoms with Crippen LogP contribution in [-0.2, 0) is 4.74 Å². The third-order valence-corrected chi connectivity index (χ3v) is 5.33. The van der Waals surface area contributed by atoms with Gasteiger partial charge in [0.2, 0.25) is 0 Å². The summed E-state index contributed by atoms with van der Waals surface area (Å²) in [6.45, 7) is -0.858. The van der Waals surface area contributed by atoms with Crippen LogP contribution in [0.2, 0.25) is 0 Å². The van der Waals surface area contributed by atoms with Gasteiger partial charge in [0.25, 0.3) is 0 Å². The number of fused-ring (bicyclic) bond motifs is 1. The molecule has 3 aliphatic rings. The number of aromatic nitrogens is 1. The van der Waals surface area contributed by atoms with Crippen LogP contribution in [0.4, 0.5) is 18.0 Å². The van der Waals surface area contributed by atoms with Gasteiger partial charge in [-0.1, -0.05) is 6.07 Å². The molecule has 0 saturated carbocycles. The molecule has 0 aromatic carbocycles. The number of carbonyl (C=O) groups is 1. The number of alkyl halides is 3. The lowest BCUT2D eigenvalue weighted by molar-refractivity contribution is -0.122. The fourth-order valence-corrected chi connectivity index (χ4v) is 3.85. The number of pyridine rings is 1. The standard InChI is InChI=1S/C22H22F3N5O2/c1-32-17-9-15(8-16(11-17)29-21(31)28-13-22(23,24)25)19-12-27-20-10-14(5-7-30(19)20)18-4-2-3-6-26-18/h2-7,9-11,15,19H,8,12-13H2,1H3,(H2,28,29,31). The third kappa shape index (κ3) is 5.01. The van der Waals surface area contributed by atoms with Gasteiger partial charge in [0.05, 0.1) is 25.4 Å². The highest BCUT2D eigenvalue weighted by Gasteiger charge is 2.35. The van der Waals surface area contributed by atoms with Crippen LogP contribution in [0.1, 0.15) is 12.1 Å². The average Bonchev–Trinajstić information content (AvgIpc) is 3.21. The van der Waals surface area contributed by atoms with E-state index in [1.54, 1.807) is 12.3 Å². The van der Waals surface area contributed by atoms with Crippen molar-refractivity contribution in [2.45, 2.75) is 18.6 Å². The first-order valence-electron chi connectivity index (χ1n) is 10.0. The molecule has 1 aromatic rings. The quantitative estimate of drug-likeness (QED) is 0.729. The number of carbonyl (C=O) groups excluding carboxylic acids is 1. The monoisotopic (exact) mass is 445 g/mol. The van der Waals surface area contributed by atoms with Crippen molar-refractivity contribution in [3.63, 3.8) is 0 Å². The summed E-state index contributed by atoms with van der Waals surface area (Å²) in [7, 11) is 1.51. The summed E-state index contributed by atoms with van der Waals surface area (Å²) >= 11 is 0. The molecule has 2 amide bonds. The van der Waals surface area contributed by atoms with E-state index in [4.69, 9.17) is 4.74 Å². The lowest BCUT2D eigenvalue weighted by atomic mass is 9.89. The molecule has 7 nitrogen and oxygen atoms in total. The molecule has 4 rings (SSSR count). The Labute approximate surface area is 183 Å². The van der Waals surface area contributed by atoms with Gasteiger partial charge in [-0.25, -0.2) is 4.79 Å². The first kappa shape index (κ1) is 21.7. The van der Waals surface area contributed by atoms with E-state index in [0.29, 0.717) is 24.4 Å². The van der Waals surface area contributed by atoms with E-state index in [1.165, 1.54) is 7.11 Å². The minimum absolute atomic E-state index is 0.0170. The molecule has 2 N–H and O–H groups in total. The SMILES string of the molecule is COC1=CC(C2CN=C3C=C(c4ccccn4)C=CN32)CC(NC(=O)NCC(F)(F)F)=C1. The fraction of sp³-hybridized carbons (Fsp3) is 0.318. The lowest BCUT2D eigenvalue weighted by Gasteiger charge is -2.33. The van der Waals surface area contributed by atoms with Gasteiger partial charge in [0.15, 0.2) is 0 Å². The molecule has 1 aromatic heterocycles. The predicted molar refractivity (Wildman–Crippen MR) is 113 cm³/mol. The highest BCUT2D eigenvalue weighted by molar-refractivity contribution is 6.04. The van der Waals surface area contributed by atoms with Gasteiger partial charge in [-0.05, 0) is 42.9 Å². The van der Waals surface area contributed by atoms with Crippen molar-refractivity contribution in [2.75, 3.05) is 20.2 Å². The van der Waals surface area contributed by atoms with Crippen LogP contribution >= 0.6 is 0 Å². The number of ether oxygens (including phenoxy) is 1. The highest BCUT2D eigenvalue weighted by Crippen LogP contribution is 2.32. The maximum atomic E-state index is 12.4. The van der Waals surface area contributed by atoms with Crippen molar-refractivity contribution >= 4 is 17.4 Å². The number of allylic oxidation sites excluding steroid dienone is 4. The summed E-state index contributed by atoms with van der Waals surface area (Å²) in [5.41, 5.74) is 2.29. The fourth-order valence-electron chi connectivity index (χ4n) is 3.85. The van der Waals surface area contributed by atoms with Gasteiger partial charge in [0.1, 0.15) is 18.1 Å². The number of nitrogens with one attached hydrogen (secondary N) is 2. The summed E-state index contributed by atoms with van der Waals surface area (Å²) in [5, 5.41) is 4.32. The topological polar surface area (TPSA) is 78.9 Å². The Balaban J connectivity index is 1.43. The molecule has 1 aliphatic carbocycles. The molecule has 3 heterocycles. The van der Waals surface area contributed by atoms with Gasteiger partial charge in [0, 0.05) is 29.6 Å². The number of rotatable bonds is 5. The minimum atomic E-state index is -4.47. The predicted octanol–water partition coefficient (Wildman–Crippen LogP) is 3.37. The number of amides is 2. The largest absolute Gasteiger partial charge is 0.497 e. The van der Waals surface area contributed by atoms with Crippen LogP contribution in [0, 0.1) is 5.92 Å². The molecule has 32 heavy (non-hydrogen) atoms. The summed E-state index contributed by atoms with van der Waals surface area (Å²) in [6.07, 6.45) is 7.18. The number of amidine groups is 1. The second-order valence-corrected chi connectivity index (χ2v) is 7.54. The van der Waals surface area contributed by atoms with E-state index < -0.39 is 18.8 Å². The van der Waals surface area contributed by atoms with Crippen molar-refractivity contribution in [3.8, 4) is 0 Å². The summed E-state index contributed by atoms with van der Waals surface area (Å²) in [6, 6.07) is 4.79. The Morgan fingerprint density at radius 2 is 2.16 bits per heavy atom. The highest BCUT2D eigenvalue weighted by atomic mass is 19.4. The lowest BCUT2D eigenvalue weighted by Crippen LogP contribution is -2.43. The molecular weight excluding hydrogens is 423 g/mol. The number of urea groups is 1. The molecule has 0 fully saturated rings. The summed E-state index contributed by atoms with van der Waals surface area (Å²) in [5.74, 6) is 1.28. The first-order valence-corrected chi connectivity index (χ1v) is 10.0. The summed E-state index contributed by atoms with van der Waals surface area (Å²) in [4.78, 5) is 23.0. The van der Waals surface area contributed by atoms with E-state index in [1.807, 2.05) is 47.9 Å². The van der Waals surface area contributed by atoms with Gasteiger partial charge >= 0.3 is 12.2 Å². The smallest absolute Gasteiger partial charge is 0.405 e. The third-order valence-electron chi connectivity index (χ3n) is 5.33. The Morgan fingerprint density at radius 1 is 1.31 bits per heavy atom. The van der Waals surface area contributed by atoms with Crippen molar-refractivity contribution in [3.05, 3.63) is 72.1 Å². The Morgan fingerprint density at radius 3 is 2.88 bits per heavy atom. The zero-order chi connectivity index (χ0) is 22.7. The van der Waals surface area contributed by atoms with Crippen LogP contribution in [0.3, 0.4) is 0 Å². The molecule has 168 valence electrons. The van der Waals surface area contributed by atoms with E-state index >= 15 is 0 Å². The molecule has 2 unspecified atom stereocenters. The Bertz CT molecular complexity index is 1030. The van der Waals surface area contributed by atoms with Crippen LogP contribution < -0.4 is 10.6 Å². The first-order chi connectivity index (χ1) is 15.3. The number of hydrogen-bond donors (Lipinski definition) is 2. The molecular formula is C22H22F3N5O2. The van der Waals surface area contributed by atoms with Crippen molar-refractivity contribution < 1.29 is 22.7 Å². The molecule has 2 atom stereocenters. The van der Waals surface area contributed by atoms with Gasteiger partial charge in [-0.3, -0.25) is 9.98 Å². The van der Waals surface area contributed by atoms with E-state index in [9.17, 15) is 18.0 Å². The van der Waals surface area contributed by atoms with Gasteiger partial charge in [-0.15, -0.1) is 0 Å². The molecule has 2 aliphatic heterocycles. The average molecular weight is 445 g/mol. The number of hydrogen-bond acceptors (Lipinski definition) is 5. The second-order valence-electron chi connectivity index (χ2n) is 7.54. The minimum Gasteiger partial charge on any atom is -0.497 e. The van der Waals surface area contributed by atoms with Crippen LogP contribution in [0.15, 0.2) is 71.3 Å². The molecule has 10 heteroatoms. The number of aliphatic imine (C=N–C) groups is 1. The molecule has 0 spiro atoms. The van der Waals surface area contributed by atoms with E-state index in [0.717, 1.165) is 17.1 Å². The maximum absolute atomic E-state index is 12.4. The van der Waals surface area contributed by atoms with Crippen molar-refractivity contribution in [1.82, 2.24) is 20.5 Å². The van der Waals surface area contributed by atoms with E-state index in [2.05, 4.69) is 20.2 Å². The van der Waals surface area contributed by atoms with Crippen LogP contribution in [-0.4, -0.2) is 54.2 Å². The van der Waals surface area contributed by atoms with Crippen LogP contribution in [0.5, 0.6) is 0 Å². The van der Waals surface area contributed by atoms with Gasteiger partial charge < -0.3 is 20.3 Å². The van der Waals surface area contributed by atoms with Gasteiger partial charge in [-0.2, -0.15) is 13.2 Å². The molecule has 0 saturated heterocycles. The number of methoxy groups -OCH3 is 1. The number of halogens is 3. The Kier molecular flexibility index (Phi) is 6.02. The number of nitrogens with zero attached hydrogens (tertiary/aromatic N) is 3. The second kappa shape index (κ2) is 8.89.